The van der Waals surface area contributed by atoms with Gasteiger partial charge in [-0.05, 0) is 18.2 Å². The molecule has 10 heavy (non-hydrogen) atoms. The van der Waals surface area contributed by atoms with Crippen LogP contribution in [0.15, 0.2) is 24.3 Å². The molecule has 4 heteroatoms. The van der Waals surface area contributed by atoms with Crippen LogP contribution in [-0.2, 0) is 0 Å². The predicted octanol–water partition coefficient (Wildman–Crippen LogP) is 3.26. The summed E-state index contributed by atoms with van der Waals surface area (Å²) >= 11 is 12.0. The molecule has 0 unspecified atom stereocenters. The van der Waals surface area contributed by atoms with Crippen LogP contribution in [0.5, 0.6) is 0 Å². The van der Waals surface area contributed by atoms with E-state index < -0.39 is 0 Å². The summed E-state index contributed by atoms with van der Waals surface area (Å²) in [5.74, 6) is 0. The second-order valence-corrected chi connectivity index (χ2v) is 2.31. The number of halogens is 2. The summed E-state index contributed by atoms with van der Waals surface area (Å²) in [4.78, 5) is 0. The second kappa shape index (κ2) is 6.64. The second-order valence-electron chi connectivity index (χ2n) is 1.44. The molecule has 0 spiro atoms. The van der Waals surface area contributed by atoms with E-state index in [-0.39, 0.29) is 0 Å². The Kier molecular flexibility index (Phi) is 7.27. The first-order chi connectivity index (χ1) is 4.79. The molecule has 0 aliphatic rings. The van der Waals surface area contributed by atoms with E-state index in [2.05, 4.69) is 8.65 Å². The average molecular weight is 386 g/mol. The van der Waals surface area contributed by atoms with Gasteiger partial charge in [-0.15, -0.1) is 0 Å². The van der Waals surface area contributed by atoms with Gasteiger partial charge in [-0.1, -0.05) is 29.3 Å². The Balaban J connectivity index is 0.000000371. The van der Waals surface area contributed by atoms with Gasteiger partial charge >= 0.3 is 32.3 Å². The third kappa shape index (κ3) is 4.71. The summed E-state index contributed by atoms with van der Waals surface area (Å²) in [5, 5.41) is 1.36. The molecular weight excluding hydrogens is 382 g/mol. The first-order valence-corrected chi connectivity index (χ1v) is 8.33. The fourth-order valence-corrected chi connectivity index (χ4v) is 0.896. The van der Waals surface area contributed by atoms with Gasteiger partial charge in [-0.25, -0.2) is 0 Å². The molecule has 52 valence electrons. The Morgan fingerprint density at radius 1 is 1.10 bits per heavy atom. The molecule has 0 saturated heterocycles. The molecule has 0 aliphatic carbocycles. The van der Waals surface area contributed by atoms with Crippen LogP contribution < -0.4 is 0 Å². The van der Waals surface area contributed by atoms with Crippen molar-refractivity contribution < 1.29 is 0 Å². The summed E-state index contributed by atoms with van der Waals surface area (Å²) < 4.78 is 0. The van der Waals surface area contributed by atoms with Crippen molar-refractivity contribution in [2.45, 2.75) is 0 Å². The van der Waals surface area contributed by atoms with E-state index in [0.717, 1.165) is 23.7 Å². The monoisotopic (exact) mass is 386 g/mol. The molecule has 0 N–H and O–H groups in total. The van der Waals surface area contributed by atoms with Crippen molar-refractivity contribution in [2.24, 2.45) is 0 Å². The summed E-state index contributed by atoms with van der Waals surface area (Å²) in [7, 11) is 4.22. The Morgan fingerprint density at radius 3 is 1.70 bits per heavy atom. The fourth-order valence-electron chi connectivity index (χ4n) is 0.460. The molecule has 0 aromatic heterocycles. The van der Waals surface area contributed by atoms with Crippen LogP contribution >= 0.6 is 31.8 Å². The number of rotatable bonds is 0. The fraction of sp³-hybridized carbons (Fsp3) is 0. The average Bonchev–Trinajstić information content (AvgIpc) is 1.91. The molecule has 0 saturated carbocycles. The summed E-state index contributed by atoms with van der Waals surface area (Å²) in [6, 6.07) is 7.08. The van der Waals surface area contributed by atoms with E-state index in [1.807, 2.05) is 6.07 Å². The number of hydrogen-bond donors (Lipinski definition) is 0. The summed E-state index contributed by atoms with van der Waals surface area (Å²) in [5.41, 5.74) is 0. The van der Waals surface area contributed by atoms with Gasteiger partial charge in [0.25, 0.3) is 0 Å². The van der Waals surface area contributed by atoms with Crippen molar-refractivity contribution in [3.63, 3.8) is 0 Å². The number of hydrogen-bond acceptors (Lipinski definition) is 1. The van der Waals surface area contributed by atoms with Crippen molar-refractivity contribution in [3.05, 3.63) is 34.3 Å². The van der Waals surface area contributed by atoms with Gasteiger partial charge in [0.15, 0.2) is 0 Å². The molecular formula is C6H4Cl2PbS. The van der Waals surface area contributed by atoms with Gasteiger partial charge in [0.05, 0.1) is 0 Å². The quantitative estimate of drug-likeness (QED) is 0.617. The first kappa shape index (κ1) is 10.9. The van der Waals surface area contributed by atoms with Gasteiger partial charge in [0.1, 0.15) is 0 Å². The Morgan fingerprint density at radius 2 is 1.50 bits per heavy atom. The Hall–Kier alpha value is 0.942. The molecule has 0 bridgehead atoms. The molecule has 0 fully saturated rings. The van der Waals surface area contributed by atoms with Crippen LogP contribution in [0.1, 0.15) is 0 Å². The molecule has 0 aliphatic heterocycles. The van der Waals surface area contributed by atoms with Crippen LogP contribution in [0.4, 0.5) is 0 Å². The normalized spacial score (nSPS) is 7.80. The van der Waals surface area contributed by atoms with Gasteiger partial charge in [-0.2, -0.15) is 0 Å². The molecule has 0 heterocycles. The third-order valence-electron chi connectivity index (χ3n) is 0.787. The van der Waals surface area contributed by atoms with E-state index >= 15 is 0 Å². The molecule has 0 atom stereocenters. The van der Waals surface area contributed by atoms with E-state index in [1.165, 1.54) is 0 Å². The van der Waals surface area contributed by atoms with Gasteiger partial charge < -0.3 is 0 Å². The molecule has 1 aromatic carbocycles. The molecule has 2 radical (unpaired) electrons. The Labute approximate surface area is 89.0 Å². The molecule has 1 aromatic rings. The van der Waals surface area contributed by atoms with E-state index in [0.29, 0.717) is 10.0 Å². The zero-order valence-electron chi connectivity index (χ0n) is 4.97. The maximum atomic E-state index is 5.56. The van der Waals surface area contributed by atoms with Crippen LogP contribution in [0.25, 0.3) is 0 Å². The van der Waals surface area contributed by atoms with E-state index in [9.17, 15) is 0 Å². The van der Waals surface area contributed by atoms with Crippen molar-refractivity contribution in [1.29, 1.82) is 0 Å². The summed E-state index contributed by atoms with van der Waals surface area (Å²) in [6.07, 6.45) is 0. The van der Waals surface area contributed by atoms with Crippen molar-refractivity contribution in [1.82, 2.24) is 0 Å². The van der Waals surface area contributed by atoms with Crippen molar-refractivity contribution in [2.75, 3.05) is 0 Å². The number of benzene rings is 1. The topological polar surface area (TPSA) is 0 Å². The van der Waals surface area contributed by atoms with Gasteiger partial charge in [0, 0.05) is 10.0 Å². The predicted molar refractivity (Wildman–Crippen MR) is 49.8 cm³/mol. The molecule has 0 nitrogen and oxygen atoms in total. The van der Waals surface area contributed by atoms with Gasteiger partial charge in [0.2, 0.25) is 0 Å². The van der Waals surface area contributed by atoms with E-state index in [1.54, 1.807) is 18.2 Å². The summed E-state index contributed by atoms with van der Waals surface area (Å²) in [6.45, 7) is 0. The van der Waals surface area contributed by atoms with Crippen LogP contribution in [0, 0.1) is 0 Å². The minimum absolute atomic E-state index is 0.678. The van der Waals surface area contributed by atoms with Crippen LogP contribution in [-0.4, -0.2) is 23.7 Å². The molecule has 1 rings (SSSR count). The van der Waals surface area contributed by atoms with Crippen molar-refractivity contribution >= 4 is 55.5 Å². The van der Waals surface area contributed by atoms with Crippen LogP contribution in [0.2, 0.25) is 10.0 Å². The standard InChI is InChI=1S/C6H4Cl2.Pb.S/c7-5-2-1-3-6(8)4-5;;/h1-4H;;. The zero-order valence-corrected chi connectivity index (χ0v) is 11.2. The SMILES string of the molecule is Clc1cccc(Cl)c1.[S]=[Pb]. The maximum absolute atomic E-state index is 5.56. The molecule has 0 amide bonds. The van der Waals surface area contributed by atoms with Gasteiger partial charge in [-0.3, -0.25) is 0 Å². The first-order valence-electron chi connectivity index (χ1n) is 2.40. The van der Waals surface area contributed by atoms with E-state index in [4.69, 9.17) is 23.2 Å². The van der Waals surface area contributed by atoms with Crippen LogP contribution in [0.3, 0.4) is 0 Å². The third-order valence-corrected chi connectivity index (χ3v) is 1.26. The van der Waals surface area contributed by atoms with Crippen molar-refractivity contribution in [3.8, 4) is 0 Å². The zero-order chi connectivity index (χ0) is 7.98. The Bertz CT molecular complexity index is 187. The minimum atomic E-state index is 0.678.